The summed E-state index contributed by atoms with van der Waals surface area (Å²) in [6.45, 7) is 5.62. The summed E-state index contributed by atoms with van der Waals surface area (Å²) >= 11 is 0. The number of fused-ring (bicyclic) bond motifs is 7. The van der Waals surface area contributed by atoms with Gasteiger partial charge >= 0.3 is 6.09 Å². The molecule has 3 aromatic rings. The van der Waals surface area contributed by atoms with E-state index in [0.29, 0.717) is 23.3 Å². The summed E-state index contributed by atoms with van der Waals surface area (Å²) in [6.07, 6.45) is 7.15. The van der Waals surface area contributed by atoms with E-state index >= 15 is 0 Å². The predicted octanol–water partition coefficient (Wildman–Crippen LogP) is 5.89. The van der Waals surface area contributed by atoms with Crippen molar-refractivity contribution < 1.29 is 24.1 Å². The van der Waals surface area contributed by atoms with Crippen LogP contribution in [-0.2, 0) is 6.54 Å². The van der Waals surface area contributed by atoms with E-state index in [2.05, 4.69) is 9.80 Å². The van der Waals surface area contributed by atoms with E-state index in [4.69, 9.17) is 14.2 Å². The number of hydrogen-bond acceptors (Lipinski definition) is 7. The number of rotatable bonds is 4. The first-order valence-electron chi connectivity index (χ1n) is 15.3. The fraction of sp³-hybridized carbons (Fsp3) is 0.545. The largest absolute Gasteiger partial charge is 0.493 e. The number of amides is 1. The van der Waals surface area contributed by atoms with E-state index < -0.39 is 6.10 Å². The van der Waals surface area contributed by atoms with Gasteiger partial charge < -0.3 is 29.1 Å². The Bertz CT molecular complexity index is 1470. The van der Waals surface area contributed by atoms with Gasteiger partial charge in [-0.05, 0) is 115 Å². The summed E-state index contributed by atoms with van der Waals surface area (Å²) in [5, 5.41) is 15.6. The molecular weight excluding hydrogens is 554 g/mol. The number of aliphatic hydroxyl groups excluding tert-OH is 1. The molecule has 3 fully saturated rings. The summed E-state index contributed by atoms with van der Waals surface area (Å²) in [5.41, 5.74) is 2.13. The molecule has 9 heteroatoms. The van der Waals surface area contributed by atoms with Gasteiger partial charge in [0.05, 0.1) is 20.3 Å². The molecule has 8 nitrogen and oxygen atoms in total. The van der Waals surface area contributed by atoms with Gasteiger partial charge in [0.1, 0.15) is 5.75 Å². The molecule has 0 aromatic heterocycles. The number of halogens is 1. The number of likely N-dealkylation sites (tertiary alicyclic amines) is 2. The fourth-order valence-corrected chi connectivity index (χ4v) is 7.88. The second-order valence-corrected chi connectivity index (χ2v) is 12.2. The zero-order chi connectivity index (χ0) is 28.1. The van der Waals surface area contributed by atoms with E-state index in [1.165, 1.54) is 32.4 Å². The van der Waals surface area contributed by atoms with Crippen molar-refractivity contribution >= 4 is 40.0 Å². The van der Waals surface area contributed by atoms with Crippen LogP contribution in [0, 0.1) is 0 Å². The van der Waals surface area contributed by atoms with Gasteiger partial charge in [-0.1, -0.05) is 12.5 Å². The van der Waals surface area contributed by atoms with Crippen LogP contribution in [0.2, 0.25) is 0 Å². The Balaban J connectivity index is 0.00000316. The number of aliphatic hydroxyl groups is 1. The molecule has 42 heavy (non-hydrogen) atoms. The lowest BCUT2D eigenvalue weighted by atomic mass is 9.83. The molecule has 7 rings (SSSR count). The highest BCUT2D eigenvalue weighted by atomic mass is 35.5. The number of carbonyl (C=O) groups is 1. The van der Waals surface area contributed by atoms with Crippen LogP contribution in [0.5, 0.6) is 17.2 Å². The maximum Gasteiger partial charge on any atom is 0.415 e. The van der Waals surface area contributed by atoms with Gasteiger partial charge in [0.15, 0.2) is 11.5 Å². The van der Waals surface area contributed by atoms with Crippen molar-refractivity contribution in [3.05, 3.63) is 41.5 Å². The van der Waals surface area contributed by atoms with Crippen LogP contribution in [0.4, 0.5) is 4.79 Å². The molecule has 3 aromatic carbocycles. The monoisotopic (exact) mass is 595 g/mol. The molecule has 0 saturated carbocycles. The van der Waals surface area contributed by atoms with Crippen LogP contribution < -0.4 is 14.2 Å². The molecule has 0 bridgehead atoms. The Morgan fingerprint density at radius 2 is 1.45 bits per heavy atom. The SMILES string of the molecule is COc1cc2c3c(c4ccc(OC(=O)N5CCC(N6CCCCC6)CC5)cc4c2cc1OC)[C@H](O)[C@@H]1CCCN1C3.Cl. The number of carbonyl (C=O) groups excluding carboxylic acids is 1. The summed E-state index contributed by atoms with van der Waals surface area (Å²) in [7, 11) is 3.29. The normalized spacial score (nSPS) is 23.4. The topological polar surface area (TPSA) is 74.7 Å². The zero-order valence-electron chi connectivity index (χ0n) is 24.6. The first-order valence-corrected chi connectivity index (χ1v) is 15.3. The molecule has 1 amide bonds. The molecule has 0 radical (unpaired) electrons. The molecule has 226 valence electrons. The molecule has 0 aliphatic carbocycles. The van der Waals surface area contributed by atoms with Crippen LogP contribution in [0.25, 0.3) is 21.5 Å². The maximum atomic E-state index is 13.3. The number of hydrogen-bond donors (Lipinski definition) is 1. The number of methoxy groups -OCH3 is 2. The third-order valence-corrected chi connectivity index (χ3v) is 10.0. The molecule has 0 unspecified atom stereocenters. The van der Waals surface area contributed by atoms with Gasteiger partial charge in [0, 0.05) is 31.7 Å². The Labute approximate surface area is 253 Å². The van der Waals surface area contributed by atoms with Gasteiger partial charge in [-0.3, -0.25) is 4.90 Å². The zero-order valence-corrected chi connectivity index (χ0v) is 25.5. The Kier molecular flexibility index (Phi) is 8.42. The Hall–Kier alpha value is -2.78. The molecule has 1 N–H and O–H groups in total. The van der Waals surface area contributed by atoms with Crippen LogP contribution >= 0.6 is 12.4 Å². The minimum atomic E-state index is -0.573. The van der Waals surface area contributed by atoms with Gasteiger partial charge in [-0.25, -0.2) is 4.79 Å². The quantitative estimate of drug-likeness (QED) is 0.377. The average Bonchev–Trinajstić information content (AvgIpc) is 3.50. The highest BCUT2D eigenvalue weighted by Gasteiger charge is 2.39. The minimum absolute atomic E-state index is 0. The number of piperidine rings is 2. The van der Waals surface area contributed by atoms with Crippen molar-refractivity contribution in [2.45, 2.75) is 69.7 Å². The van der Waals surface area contributed by atoms with Crippen molar-refractivity contribution in [2.75, 3.05) is 46.9 Å². The van der Waals surface area contributed by atoms with Gasteiger partial charge in [-0.2, -0.15) is 0 Å². The standard InChI is InChI=1S/C33H41N3O5.ClH/c1-39-29-18-25-24-17-22(41-33(38)35-15-10-21(11-16-35)34-12-4-3-5-13-34)8-9-23(24)31-27(26(25)19-30(29)40-2)20-36-14-6-7-28(36)32(31)37;/h8-9,17-19,21,28,32,37H,3-7,10-16,20H2,1-2H3;1H/t28-,32+;/m0./s1. The molecule has 3 saturated heterocycles. The molecular formula is C33H42ClN3O5. The highest BCUT2D eigenvalue weighted by Crippen LogP contribution is 2.47. The Morgan fingerprint density at radius 1 is 0.786 bits per heavy atom. The van der Waals surface area contributed by atoms with Gasteiger partial charge in [0.25, 0.3) is 0 Å². The predicted molar refractivity (Wildman–Crippen MR) is 166 cm³/mol. The van der Waals surface area contributed by atoms with Crippen LogP contribution in [-0.4, -0.2) is 84.9 Å². The third kappa shape index (κ3) is 5.06. The van der Waals surface area contributed by atoms with Crippen molar-refractivity contribution in [1.29, 1.82) is 0 Å². The summed E-state index contributed by atoms with van der Waals surface area (Å²) in [6, 6.07) is 10.6. The van der Waals surface area contributed by atoms with Crippen molar-refractivity contribution in [2.24, 2.45) is 0 Å². The lowest BCUT2D eigenvalue weighted by Crippen LogP contribution is -2.48. The van der Waals surface area contributed by atoms with E-state index in [0.717, 1.165) is 84.5 Å². The first-order chi connectivity index (χ1) is 20.1. The van der Waals surface area contributed by atoms with Crippen LogP contribution in [0.15, 0.2) is 30.3 Å². The smallest absolute Gasteiger partial charge is 0.415 e. The number of ether oxygens (including phenoxy) is 3. The van der Waals surface area contributed by atoms with Crippen molar-refractivity contribution in [3.8, 4) is 17.2 Å². The summed E-state index contributed by atoms with van der Waals surface area (Å²) in [5.74, 6) is 1.83. The first kappa shape index (κ1) is 29.3. The molecule has 4 aliphatic rings. The lowest BCUT2D eigenvalue weighted by Gasteiger charge is -2.39. The van der Waals surface area contributed by atoms with Crippen LogP contribution in [0.3, 0.4) is 0 Å². The van der Waals surface area contributed by atoms with Crippen molar-refractivity contribution in [3.63, 3.8) is 0 Å². The average molecular weight is 596 g/mol. The second-order valence-electron chi connectivity index (χ2n) is 12.2. The molecule has 2 atom stereocenters. The van der Waals surface area contributed by atoms with Crippen molar-refractivity contribution in [1.82, 2.24) is 14.7 Å². The van der Waals surface area contributed by atoms with Gasteiger partial charge in [-0.15, -0.1) is 12.4 Å². The van der Waals surface area contributed by atoms with E-state index in [-0.39, 0.29) is 24.5 Å². The summed E-state index contributed by atoms with van der Waals surface area (Å²) < 4.78 is 17.3. The fourth-order valence-electron chi connectivity index (χ4n) is 7.88. The van der Waals surface area contributed by atoms with E-state index in [1.54, 1.807) is 14.2 Å². The number of nitrogens with zero attached hydrogens (tertiary/aromatic N) is 3. The minimum Gasteiger partial charge on any atom is -0.493 e. The third-order valence-electron chi connectivity index (χ3n) is 10.0. The maximum absolute atomic E-state index is 13.3. The van der Waals surface area contributed by atoms with Crippen LogP contribution in [0.1, 0.15) is 62.2 Å². The summed E-state index contributed by atoms with van der Waals surface area (Å²) in [4.78, 5) is 20.1. The van der Waals surface area contributed by atoms with E-state index in [9.17, 15) is 9.90 Å². The molecule has 0 spiro atoms. The molecule has 4 aliphatic heterocycles. The number of benzene rings is 3. The second kappa shape index (κ2) is 12.1. The van der Waals surface area contributed by atoms with Gasteiger partial charge in [0.2, 0.25) is 0 Å². The molecule has 4 heterocycles. The van der Waals surface area contributed by atoms with E-state index in [1.807, 2.05) is 35.2 Å². The highest BCUT2D eigenvalue weighted by molar-refractivity contribution is 6.12. The Morgan fingerprint density at radius 3 is 2.17 bits per heavy atom. The lowest BCUT2D eigenvalue weighted by molar-refractivity contribution is 0.0552.